The lowest BCUT2D eigenvalue weighted by atomic mass is 10.8. The van der Waals surface area contributed by atoms with Crippen LogP contribution < -0.4 is 11.3 Å². The number of hydrazine groups is 1. The molecule has 0 aromatic heterocycles. The third-order valence-electron chi connectivity index (χ3n) is 0.626. The highest BCUT2D eigenvalue weighted by Crippen LogP contribution is 1.95. The summed E-state index contributed by atoms with van der Waals surface area (Å²) in [4.78, 5) is 0. The summed E-state index contributed by atoms with van der Waals surface area (Å²) in [6.45, 7) is 4.46. The van der Waals surface area contributed by atoms with Crippen LogP contribution in [0.3, 0.4) is 0 Å². The van der Waals surface area contributed by atoms with Crippen LogP contribution in [-0.4, -0.2) is 18.1 Å². The van der Waals surface area contributed by atoms with Crippen molar-refractivity contribution in [1.29, 1.82) is 0 Å². The predicted octanol–water partition coefficient (Wildman–Crippen LogP) is 0.369. The van der Waals surface area contributed by atoms with Gasteiger partial charge in [0.15, 0.2) is 0 Å². The molecule has 0 unspecified atom stereocenters. The quantitative estimate of drug-likeness (QED) is 0.246. The Bertz CT molecular complexity index is 56.4. The van der Waals surface area contributed by atoms with Gasteiger partial charge in [-0.05, 0) is 0 Å². The van der Waals surface area contributed by atoms with Gasteiger partial charge in [0.05, 0.1) is 0 Å². The molecule has 3 heteroatoms. The molecule has 2 nitrogen and oxygen atoms in total. The summed E-state index contributed by atoms with van der Waals surface area (Å²) in [6, 6.07) is 0. The molecule has 0 bridgehead atoms. The van der Waals surface area contributed by atoms with Gasteiger partial charge in [0, 0.05) is 18.1 Å². The van der Waals surface area contributed by atoms with E-state index in [0.29, 0.717) is 0 Å². The van der Waals surface area contributed by atoms with Crippen molar-refractivity contribution in [3.63, 3.8) is 0 Å². The largest absolute Gasteiger partial charge is 0.271 e. The van der Waals surface area contributed by atoms with Gasteiger partial charge < -0.3 is 0 Å². The third kappa shape index (κ3) is 6.01. The number of rotatable bonds is 5. The minimum Gasteiger partial charge on any atom is -0.271 e. The topological polar surface area (TPSA) is 38.0 Å². The Kier molecular flexibility index (Phi) is 7.02. The summed E-state index contributed by atoms with van der Waals surface area (Å²) in [7, 11) is 0. The second-order valence-electron chi connectivity index (χ2n) is 1.32. The fourth-order valence-corrected chi connectivity index (χ4v) is 0.893. The Labute approximate surface area is 54.5 Å². The Hall–Kier alpha value is 0.01000. The maximum atomic E-state index is 5.02. The van der Waals surface area contributed by atoms with Crippen LogP contribution in [0.2, 0.25) is 0 Å². The maximum absolute atomic E-state index is 5.02. The summed E-state index contributed by atoms with van der Waals surface area (Å²) in [5, 5.41) is 0. The molecule has 0 radical (unpaired) electrons. The molecule has 0 heterocycles. The van der Waals surface area contributed by atoms with E-state index >= 15 is 0 Å². The smallest absolute Gasteiger partial charge is 0.0188 e. The van der Waals surface area contributed by atoms with Crippen LogP contribution in [0.4, 0.5) is 0 Å². The highest BCUT2D eigenvalue weighted by atomic mass is 32.2. The van der Waals surface area contributed by atoms with Gasteiger partial charge in [0.2, 0.25) is 0 Å². The van der Waals surface area contributed by atoms with Gasteiger partial charge in [0.25, 0.3) is 0 Å². The molecule has 0 amide bonds. The summed E-state index contributed by atoms with van der Waals surface area (Å²) >= 11 is 1.82. The molecule has 0 atom stereocenters. The first-order chi connectivity index (χ1) is 3.91. The fraction of sp³-hybridized carbons (Fsp3) is 0.600. The van der Waals surface area contributed by atoms with Crippen molar-refractivity contribution >= 4 is 11.8 Å². The molecular formula is C5H12N2S. The molecule has 0 aliphatic rings. The Morgan fingerprint density at radius 3 is 3.00 bits per heavy atom. The number of nitrogens with one attached hydrogen (secondary N) is 1. The van der Waals surface area contributed by atoms with E-state index in [-0.39, 0.29) is 0 Å². The first-order valence-corrected chi connectivity index (χ1v) is 3.69. The van der Waals surface area contributed by atoms with Gasteiger partial charge in [0.1, 0.15) is 0 Å². The molecule has 0 saturated heterocycles. The highest BCUT2D eigenvalue weighted by molar-refractivity contribution is 7.99. The lowest BCUT2D eigenvalue weighted by Crippen LogP contribution is -2.24. The zero-order valence-electron chi connectivity index (χ0n) is 4.89. The van der Waals surface area contributed by atoms with Crippen LogP contribution in [0.1, 0.15) is 0 Å². The Morgan fingerprint density at radius 1 is 1.75 bits per heavy atom. The average molecular weight is 132 g/mol. The molecule has 8 heavy (non-hydrogen) atoms. The number of thioether (sulfide) groups is 1. The molecule has 0 rings (SSSR count). The monoisotopic (exact) mass is 132 g/mol. The molecular weight excluding hydrogens is 120 g/mol. The van der Waals surface area contributed by atoms with Crippen molar-refractivity contribution in [2.75, 3.05) is 18.1 Å². The van der Waals surface area contributed by atoms with Crippen molar-refractivity contribution in [2.24, 2.45) is 5.84 Å². The fourth-order valence-electron chi connectivity index (χ4n) is 0.298. The summed E-state index contributed by atoms with van der Waals surface area (Å²) in [6.07, 6.45) is 1.89. The van der Waals surface area contributed by atoms with E-state index in [2.05, 4.69) is 12.0 Å². The maximum Gasteiger partial charge on any atom is 0.0188 e. The first-order valence-electron chi connectivity index (χ1n) is 2.54. The van der Waals surface area contributed by atoms with Crippen molar-refractivity contribution in [2.45, 2.75) is 0 Å². The lowest BCUT2D eigenvalue weighted by molar-refractivity contribution is 0.787. The van der Waals surface area contributed by atoms with Gasteiger partial charge >= 0.3 is 0 Å². The third-order valence-corrected chi connectivity index (χ3v) is 1.59. The Morgan fingerprint density at radius 2 is 2.50 bits per heavy atom. The summed E-state index contributed by atoms with van der Waals surface area (Å²) in [5.41, 5.74) is 2.57. The second kappa shape index (κ2) is 7.01. The van der Waals surface area contributed by atoms with E-state index in [0.717, 1.165) is 18.1 Å². The predicted molar refractivity (Wildman–Crippen MR) is 39.7 cm³/mol. The minimum atomic E-state index is 0.874. The lowest BCUT2D eigenvalue weighted by Gasteiger charge is -1.94. The van der Waals surface area contributed by atoms with Gasteiger partial charge in [-0.15, -0.1) is 6.58 Å². The second-order valence-corrected chi connectivity index (χ2v) is 2.47. The number of hydrogen-bond acceptors (Lipinski definition) is 3. The first kappa shape index (κ1) is 8.01. The van der Waals surface area contributed by atoms with Gasteiger partial charge in [-0.25, -0.2) is 0 Å². The van der Waals surface area contributed by atoms with Crippen LogP contribution >= 0.6 is 11.8 Å². The standard InChI is InChI=1S/C5H12N2S/c1-2-4-8-5-3-7-6/h2,7H,1,3-6H2. The highest BCUT2D eigenvalue weighted by Gasteiger charge is 1.80. The molecule has 0 fully saturated rings. The molecule has 48 valence electrons. The van der Waals surface area contributed by atoms with Crippen molar-refractivity contribution in [3.8, 4) is 0 Å². The van der Waals surface area contributed by atoms with Gasteiger partial charge in [-0.3, -0.25) is 11.3 Å². The van der Waals surface area contributed by atoms with E-state index < -0.39 is 0 Å². The van der Waals surface area contributed by atoms with Crippen LogP contribution in [0, 0.1) is 0 Å². The van der Waals surface area contributed by atoms with E-state index in [9.17, 15) is 0 Å². The minimum absolute atomic E-state index is 0.874. The van der Waals surface area contributed by atoms with Crippen LogP contribution in [0.5, 0.6) is 0 Å². The number of nitrogens with two attached hydrogens (primary N) is 1. The number of hydrogen-bond donors (Lipinski definition) is 2. The van der Waals surface area contributed by atoms with Crippen LogP contribution in [0.25, 0.3) is 0 Å². The molecule has 0 aromatic rings. The van der Waals surface area contributed by atoms with Crippen molar-refractivity contribution in [1.82, 2.24) is 5.43 Å². The van der Waals surface area contributed by atoms with Crippen LogP contribution in [-0.2, 0) is 0 Å². The van der Waals surface area contributed by atoms with E-state index in [4.69, 9.17) is 5.84 Å². The van der Waals surface area contributed by atoms with E-state index in [1.165, 1.54) is 0 Å². The van der Waals surface area contributed by atoms with Crippen molar-refractivity contribution < 1.29 is 0 Å². The molecule has 0 aliphatic carbocycles. The molecule has 0 aromatic carbocycles. The van der Waals surface area contributed by atoms with Gasteiger partial charge in [-0.1, -0.05) is 6.08 Å². The summed E-state index contributed by atoms with van der Waals surface area (Å²) < 4.78 is 0. The molecule has 3 N–H and O–H groups in total. The summed E-state index contributed by atoms with van der Waals surface area (Å²) in [5.74, 6) is 7.10. The zero-order chi connectivity index (χ0) is 6.24. The zero-order valence-corrected chi connectivity index (χ0v) is 5.71. The molecule has 0 saturated carbocycles. The SMILES string of the molecule is C=CCSCCNN. The molecule has 0 aliphatic heterocycles. The average Bonchev–Trinajstić information content (AvgIpc) is 1.81. The molecule has 0 spiro atoms. The van der Waals surface area contributed by atoms with Crippen molar-refractivity contribution in [3.05, 3.63) is 12.7 Å². The van der Waals surface area contributed by atoms with Gasteiger partial charge in [-0.2, -0.15) is 11.8 Å². The van der Waals surface area contributed by atoms with E-state index in [1.54, 1.807) is 0 Å². The Balaban J connectivity index is 2.62. The normalized spacial score (nSPS) is 9.12. The van der Waals surface area contributed by atoms with E-state index in [1.807, 2.05) is 17.8 Å². The van der Waals surface area contributed by atoms with Crippen LogP contribution in [0.15, 0.2) is 12.7 Å².